The molecule has 28 heavy (non-hydrogen) atoms. The molecule has 2 aromatic heterocycles. The Balaban J connectivity index is 1.54. The summed E-state index contributed by atoms with van der Waals surface area (Å²) in [5, 5.41) is 4.92. The van der Waals surface area contributed by atoms with Gasteiger partial charge in [0.05, 0.1) is 36.1 Å². The summed E-state index contributed by atoms with van der Waals surface area (Å²) in [7, 11) is 3.64. The Bertz CT molecular complexity index is 1150. The summed E-state index contributed by atoms with van der Waals surface area (Å²) in [5.41, 5.74) is 1.80. The van der Waals surface area contributed by atoms with Gasteiger partial charge < -0.3 is 4.74 Å². The fraction of sp³-hybridized carbons (Fsp3) is 0.211. The number of para-hydroxylation sites is 1. The van der Waals surface area contributed by atoms with Gasteiger partial charge in [-0.3, -0.25) is 10.00 Å². The van der Waals surface area contributed by atoms with Gasteiger partial charge in [0.1, 0.15) is 10.8 Å². The quantitative estimate of drug-likeness (QED) is 0.437. The smallest absolute Gasteiger partial charge is 0.217 e. The number of thiazole rings is 1. The third kappa shape index (κ3) is 3.95. The molecular formula is C19H18ClN5OS2. The van der Waals surface area contributed by atoms with E-state index in [-0.39, 0.29) is 0 Å². The van der Waals surface area contributed by atoms with Crippen molar-refractivity contribution in [1.29, 1.82) is 0 Å². The highest BCUT2D eigenvalue weighted by molar-refractivity contribution is 7.71. The van der Waals surface area contributed by atoms with E-state index in [0.29, 0.717) is 28.0 Å². The maximum atomic E-state index is 6.13. The number of methoxy groups -OCH3 is 1. The van der Waals surface area contributed by atoms with Gasteiger partial charge in [-0.2, -0.15) is 4.98 Å². The molecule has 0 atom stereocenters. The van der Waals surface area contributed by atoms with E-state index in [2.05, 4.69) is 26.0 Å². The molecule has 0 aliphatic carbocycles. The van der Waals surface area contributed by atoms with Crippen LogP contribution in [0.5, 0.6) is 5.75 Å². The van der Waals surface area contributed by atoms with Crippen molar-refractivity contribution in [3.8, 4) is 17.1 Å². The summed E-state index contributed by atoms with van der Waals surface area (Å²) in [6.07, 6.45) is 0. The summed E-state index contributed by atoms with van der Waals surface area (Å²) < 4.78 is 8.89. The molecule has 0 bridgehead atoms. The van der Waals surface area contributed by atoms with Gasteiger partial charge in [-0.1, -0.05) is 23.7 Å². The van der Waals surface area contributed by atoms with E-state index in [1.165, 1.54) is 4.70 Å². The first kappa shape index (κ1) is 19.1. The predicted octanol–water partition coefficient (Wildman–Crippen LogP) is 4.97. The molecule has 0 saturated heterocycles. The predicted molar refractivity (Wildman–Crippen MR) is 115 cm³/mol. The van der Waals surface area contributed by atoms with Crippen molar-refractivity contribution in [3.63, 3.8) is 0 Å². The third-order valence-electron chi connectivity index (χ3n) is 4.22. The first-order chi connectivity index (χ1) is 13.5. The van der Waals surface area contributed by atoms with Gasteiger partial charge in [0, 0.05) is 5.02 Å². The fourth-order valence-corrected chi connectivity index (χ4v) is 4.36. The van der Waals surface area contributed by atoms with Crippen LogP contribution in [-0.4, -0.2) is 38.8 Å². The minimum atomic E-state index is 0.466. The fourth-order valence-electron chi connectivity index (χ4n) is 2.95. The van der Waals surface area contributed by atoms with Gasteiger partial charge in [0.15, 0.2) is 5.82 Å². The Labute approximate surface area is 176 Å². The van der Waals surface area contributed by atoms with Crippen molar-refractivity contribution in [2.75, 3.05) is 14.2 Å². The van der Waals surface area contributed by atoms with Crippen molar-refractivity contribution in [2.45, 2.75) is 13.2 Å². The van der Waals surface area contributed by atoms with Crippen molar-refractivity contribution in [2.24, 2.45) is 0 Å². The largest absolute Gasteiger partial charge is 0.496 e. The van der Waals surface area contributed by atoms with Crippen LogP contribution < -0.4 is 4.74 Å². The van der Waals surface area contributed by atoms with E-state index >= 15 is 0 Å². The normalized spacial score (nSPS) is 11.4. The number of aromatic nitrogens is 4. The molecule has 6 nitrogen and oxygen atoms in total. The van der Waals surface area contributed by atoms with Crippen LogP contribution >= 0.6 is 35.2 Å². The van der Waals surface area contributed by atoms with Crippen LogP contribution in [-0.2, 0) is 13.2 Å². The van der Waals surface area contributed by atoms with E-state index in [1.807, 2.05) is 42.1 Å². The molecule has 0 unspecified atom stereocenters. The molecule has 0 aliphatic rings. The zero-order valence-corrected chi connectivity index (χ0v) is 17.7. The van der Waals surface area contributed by atoms with Crippen LogP contribution in [0.25, 0.3) is 21.6 Å². The number of hydrogen-bond acceptors (Lipinski definition) is 6. The van der Waals surface area contributed by atoms with Gasteiger partial charge in [0.2, 0.25) is 4.77 Å². The van der Waals surface area contributed by atoms with Crippen molar-refractivity contribution in [3.05, 3.63) is 57.3 Å². The minimum absolute atomic E-state index is 0.466. The first-order valence-corrected chi connectivity index (χ1v) is 10.2. The number of nitrogens with one attached hydrogen (secondary N) is 1. The van der Waals surface area contributed by atoms with Gasteiger partial charge in [-0.15, -0.1) is 11.3 Å². The van der Waals surface area contributed by atoms with Crippen molar-refractivity contribution < 1.29 is 4.74 Å². The Hall–Kier alpha value is -2.26. The number of rotatable bonds is 6. The Morgan fingerprint density at radius 1 is 1.25 bits per heavy atom. The number of nitrogens with zero attached hydrogens (tertiary/aromatic N) is 4. The monoisotopic (exact) mass is 431 g/mol. The molecule has 0 fully saturated rings. The molecule has 0 saturated carbocycles. The summed E-state index contributed by atoms with van der Waals surface area (Å²) in [6, 6.07) is 13.6. The highest BCUT2D eigenvalue weighted by Crippen LogP contribution is 2.30. The lowest BCUT2D eigenvalue weighted by atomic mass is 10.2. The van der Waals surface area contributed by atoms with E-state index in [4.69, 9.17) is 28.6 Å². The lowest BCUT2D eigenvalue weighted by molar-refractivity contribution is 0.244. The van der Waals surface area contributed by atoms with Crippen molar-refractivity contribution >= 4 is 45.4 Å². The van der Waals surface area contributed by atoms with Crippen molar-refractivity contribution in [1.82, 2.24) is 24.6 Å². The standard InChI is InChI=1S/C19H18ClN5OS2/c1-24(10-17-21-14-5-3-4-6-16(14)28-17)11-25-19(27)22-18(23-25)13-9-12(20)7-8-15(13)26-2/h3-9H,10-11H2,1-2H3,(H,22,23,27). The number of halogens is 1. The Morgan fingerprint density at radius 3 is 2.86 bits per heavy atom. The molecular weight excluding hydrogens is 414 g/mol. The third-order valence-corrected chi connectivity index (χ3v) is 5.79. The molecule has 0 aliphatic heterocycles. The van der Waals surface area contributed by atoms with Gasteiger partial charge in [-0.25, -0.2) is 9.67 Å². The van der Waals surface area contributed by atoms with Crippen LogP contribution in [0.15, 0.2) is 42.5 Å². The SMILES string of the molecule is COc1ccc(Cl)cc1-c1nc(=S)n(CN(C)Cc2nc3ccccc3s2)[nH]1. The molecule has 9 heteroatoms. The molecule has 2 aromatic carbocycles. The van der Waals surface area contributed by atoms with E-state index in [0.717, 1.165) is 22.6 Å². The van der Waals surface area contributed by atoms with Crippen LogP contribution in [0.4, 0.5) is 0 Å². The molecule has 4 rings (SSSR count). The van der Waals surface area contributed by atoms with Gasteiger partial charge in [0.25, 0.3) is 0 Å². The average molecular weight is 432 g/mol. The second-order valence-corrected chi connectivity index (χ2v) is 8.28. The highest BCUT2D eigenvalue weighted by Gasteiger charge is 2.13. The summed E-state index contributed by atoms with van der Waals surface area (Å²) >= 11 is 13.3. The second-order valence-electron chi connectivity index (χ2n) is 6.36. The maximum Gasteiger partial charge on any atom is 0.217 e. The number of fused-ring (bicyclic) bond motifs is 1. The lowest BCUT2D eigenvalue weighted by Gasteiger charge is -2.15. The van der Waals surface area contributed by atoms with E-state index in [9.17, 15) is 0 Å². The molecule has 0 radical (unpaired) electrons. The lowest BCUT2D eigenvalue weighted by Crippen LogP contribution is -2.22. The highest BCUT2D eigenvalue weighted by atomic mass is 35.5. The molecule has 1 N–H and O–H groups in total. The van der Waals surface area contributed by atoms with E-state index in [1.54, 1.807) is 24.5 Å². The van der Waals surface area contributed by atoms with Crippen LogP contribution in [0.1, 0.15) is 5.01 Å². The maximum absolute atomic E-state index is 6.13. The summed E-state index contributed by atoms with van der Waals surface area (Å²) in [5.74, 6) is 1.31. The van der Waals surface area contributed by atoms with E-state index < -0.39 is 0 Å². The summed E-state index contributed by atoms with van der Waals surface area (Å²) in [4.78, 5) is 11.3. The molecule has 0 amide bonds. The Kier molecular flexibility index (Phi) is 5.45. The van der Waals surface area contributed by atoms with Gasteiger partial charge >= 0.3 is 0 Å². The van der Waals surface area contributed by atoms with Gasteiger partial charge in [-0.05, 0) is 49.6 Å². The zero-order chi connectivity index (χ0) is 19.7. The van der Waals surface area contributed by atoms with Crippen LogP contribution in [0.3, 0.4) is 0 Å². The van der Waals surface area contributed by atoms with Crippen LogP contribution in [0.2, 0.25) is 5.02 Å². The number of hydrogen-bond donors (Lipinski definition) is 1. The minimum Gasteiger partial charge on any atom is -0.496 e. The number of ether oxygens (including phenoxy) is 1. The molecule has 4 aromatic rings. The number of aromatic amines is 1. The van der Waals surface area contributed by atoms with Crippen LogP contribution in [0, 0.1) is 4.77 Å². The molecule has 2 heterocycles. The number of benzene rings is 2. The summed E-state index contributed by atoms with van der Waals surface area (Å²) in [6.45, 7) is 1.28. The Morgan fingerprint density at radius 2 is 2.07 bits per heavy atom. The number of H-pyrrole nitrogens is 1. The average Bonchev–Trinajstić information content (AvgIpc) is 3.24. The molecule has 144 valence electrons. The second kappa shape index (κ2) is 8.00. The topological polar surface area (TPSA) is 59.0 Å². The first-order valence-electron chi connectivity index (χ1n) is 8.57. The zero-order valence-electron chi connectivity index (χ0n) is 15.3. The molecule has 0 spiro atoms.